The number of amides is 1. The zero-order valence-electron chi connectivity index (χ0n) is 15.0. The van der Waals surface area contributed by atoms with Crippen LogP contribution in [0.2, 0.25) is 0 Å². The van der Waals surface area contributed by atoms with E-state index in [4.69, 9.17) is 10.5 Å². The van der Waals surface area contributed by atoms with Crippen LogP contribution in [-0.2, 0) is 6.18 Å². The molecule has 152 valence electrons. The number of hydrogen-bond acceptors (Lipinski definition) is 6. The second kappa shape index (κ2) is 7.04. The lowest BCUT2D eigenvalue weighted by atomic mass is 10.2. The number of benzene rings is 1. The van der Waals surface area contributed by atoms with Gasteiger partial charge >= 0.3 is 12.3 Å². The number of halogens is 4. The Bertz CT molecular complexity index is 1170. The van der Waals surface area contributed by atoms with Crippen LogP contribution >= 0.6 is 0 Å². The number of pyridine rings is 1. The zero-order chi connectivity index (χ0) is 21.5. The number of nitrogens with zero attached hydrogens (tertiary/aromatic N) is 4. The van der Waals surface area contributed by atoms with Gasteiger partial charge < -0.3 is 15.4 Å². The van der Waals surface area contributed by atoms with Crippen LogP contribution in [0.1, 0.15) is 5.69 Å². The summed E-state index contributed by atoms with van der Waals surface area (Å²) >= 11 is 0. The fourth-order valence-corrected chi connectivity index (χ4v) is 2.55. The molecule has 0 saturated heterocycles. The molecule has 2 heterocycles. The fraction of sp³-hybridized carbons (Fsp3) is 0.176. The fourth-order valence-electron chi connectivity index (χ4n) is 2.55. The summed E-state index contributed by atoms with van der Waals surface area (Å²) in [6.45, 7) is 0. The Kier molecular flexibility index (Phi) is 4.86. The maximum absolute atomic E-state index is 14.6. The molecule has 3 aromatic rings. The third kappa shape index (κ3) is 3.56. The van der Waals surface area contributed by atoms with E-state index in [1.807, 2.05) is 0 Å². The van der Waals surface area contributed by atoms with Crippen molar-refractivity contribution in [2.45, 2.75) is 6.18 Å². The maximum Gasteiger partial charge on any atom is 0.431 e. The van der Waals surface area contributed by atoms with E-state index < -0.39 is 46.3 Å². The number of alkyl halides is 3. The molecule has 0 fully saturated rings. The Balaban J connectivity index is 2.43. The van der Waals surface area contributed by atoms with Gasteiger partial charge in [0.1, 0.15) is 29.0 Å². The topological polar surface area (TPSA) is 103 Å². The van der Waals surface area contributed by atoms with Crippen molar-refractivity contribution in [3.63, 3.8) is 0 Å². The molecule has 29 heavy (non-hydrogen) atoms. The number of rotatable bonds is 2. The molecule has 1 aromatic carbocycles. The second-order valence-electron chi connectivity index (χ2n) is 6.04. The van der Waals surface area contributed by atoms with Gasteiger partial charge in [-0.1, -0.05) is 6.07 Å². The molecule has 8 nitrogen and oxygen atoms in total. The molecule has 0 spiro atoms. The van der Waals surface area contributed by atoms with Crippen molar-refractivity contribution in [2.75, 3.05) is 19.8 Å². The van der Waals surface area contributed by atoms with Crippen molar-refractivity contribution in [1.29, 1.82) is 0 Å². The molecule has 2 aromatic heterocycles. The molecule has 3 rings (SSSR count). The first-order valence-corrected chi connectivity index (χ1v) is 7.93. The smallest absolute Gasteiger partial charge is 0.408 e. The molecule has 0 radical (unpaired) electrons. The molecule has 0 bridgehead atoms. The quantitative estimate of drug-likeness (QED) is 0.651. The van der Waals surface area contributed by atoms with E-state index in [-0.39, 0.29) is 15.8 Å². The lowest BCUT2D eigenvalue weighted by Gasteiger charge is -2.20. The van der Waals surface area contributed by atoms with Crippen molar-refractivity contribution >= 4 is 22.8 Å². The number of aromatic nitrogens is 3. The number of nitrogens with two attached hydrogens (primary N) is 1. The minimum Gasteiger partial charge on any atom is -0.408 e. The van der Waals surface area contributed by atoms with E-state index in [1.165, 1.54) is 14.1 Å². The minimum absolute atomic E-state index is 0.0579. The minimum atomic E-state index is -5.08. The molecular formula is C17H13F4N5O3. The largest absolute Gasteiger partial charge is 0.431 e. The zero-order valence-corrected chi connectivity index (χ0v) is 15.0. The monoisotopic (exact) mass is 411 g/mol. The van der Waals surface area contributed by atoms with Gasteiger partial charge in [-0.2, -0.15) is 13.2 Å². The predicted molar refractivity (Wildman–Crippen MR) is 94.2 cm³/mol. The Labute approximate surface area is 160 Å². The molecule has 0 aliphatic rings. The first-order chi connectivity index (χ1) is 13.5. The van der Waals surface area contributed by atoms with Crippen molar-refractivity contribution in [1.82, 2.24) is 19.4 Å². The SMILES string of the molecule is CN(C)C(=O)Oc1cccc(F)c1-n1c(C(F)(F)F)cc2c(N)ncnc2c1=O. The summed E-state index contributed by atoms with van der Waals surface area (Å²) in [5, 5.41) is -0.343. The molecule has 2 N–H and O–H groups in total. The van der Waals surface area contributed by atoms with Gasteiger partial charge in [-0.15, -0.1) is 0 Å². The molecule has 0 saturated carbocycles. The molecule has 1 amide bonds. The average Bonchev–Trinajstić information content (AvgIpc) is 2.62. The number of hydrogen-bond donors (Lipinski definition) is 1. The average molecular weight is 411 g/mol. The van der Waals surface area contributed by atoms with E-state index in [1.54, 1.807) is 0 Å². The molecular weight excluding hydrogens is 398 g/mol. The van der Waals surface area contributed by atoms with Gasteiger partial charge in [0.05, 0.1) is 5.39 Å². The summed E-state index contributed by atoms with van der Waals surface area (Å²) < 4.78 is 60.9. The molecule has 0 aliphatic heterocycles. The lowest BCUT2D eigenvalue weighted by molar-refractivity contribution is -0.142. The second-order valence-corrected chi connectivity index (χ2v) is 6.04. The van der Waals surface area contributed by atoms with Crippen LogP contribution in [0.15, 0.2) is 35.4 Å². The van der Waals surface area contributed by atoms with Crippen LogP contribution in [0, 0.1) is 5.82 Å². The number of nitrogen functional groups attached to an aromatic ring is 1. The summed E-state index contributed by atoms with van der Waals surface area (Å²) in [7, 11) is 2.65. The lowest BCUT2D eigenvalue weighted by Crippen LogP contribution is -2.30. The summed E-state index contributed by atoms with van der Waals surface area (Å²) in [5.74, 6) is -2.15. The Hall–Kier alpha value is -3.70. The van der Waals surface area contributed by atoms with Crippen LogP contribution in [0.4, 0.5) is 28.2 Å². The van der Waals surface area contributed by atoms with E-state index >= 15 is 0 Å². The Morgan fingerprint density at radius 1 is 1.24 bits per heavy atom. The number of fused-ring (bicyclic) bond motifs is 1. The van der Waals surface area contributed by atoms with Crippen molar-refractivity contribution < 1.29 is 27.1 Å². The molecule has 0 unspecified atom stereocenters. The van der Waals surface area contributed by atoms with E-state index in [9.17, 15) is 27.2 Å². The van der Waals surface area contributed by atoms with Crippen LogP contribution < -0.4 is 16.0 Å². The number of carbonyl (C=O) groups is 1. The number of carbonyl (C=O) groups excluding carboxylic acids is 1. The first kappa shape index (κ1) is 20.0. The highest BCUT2D eigenvalue weighted by Crippen LogP contribution is 2.35. The maximum atomic E-state index is 14.6. The van der Waals surface area contributed by atoms with Crippen molar-refractivity contribution in [2.24, 2.45) is 0 Å². The normalized spacial score (nSPS) is 11.5. The van der Waals surface area contributed by atoms with E-state index in [2.05, 4.69) is 9.97 Å². The van der Waals surface area contributed by atoms with Gasteiger partial charge in [-0.05, 0) is 18.2 Å². The third-order valence-corrected chi connectivity index (χ3v) is 3.87. The number of para-hydroxylation sites is 1. The highest BCUT2D eigenvalue weighted by molar-refractivity contribution is 5.88. The molecule has 12 heteroatoms. The Morgan fingerprint density at radius 3 is 2.55 bits per heavy atom. The van der Waals surface area contributed by atoms with Gasteiger partial charge in [-0.3, -0.25) is 9.36 Å². The van der Waals surface area contributed by atoms with E-state index in [0.717, 1.165) is 29.4 Å². The highest BCUT2D eigenvalue weighted by Gasteiger charge is 2.37. The summed E-state index contributed by atoms with van der Waals surface area (Å²) in [4.78, 5) is 33.0. The van der Waals surface area contributed by atoms with Crippen LogP contribution in [0.5, 0.6) is 5.75 Å². The Morgan fingerprint density at radius 2 is 1.93 bits per heavy atom. The summed E-state index contributed by atoms with van der Waals surface area (Å²) in [6, 6.07) is 3.55. The summed E-state index contributed by atoms with van der Waals surface area (Å²) in [6.07, 6.45) is -5.17. The first-order valence-electron chi connectivity index (χ1n) is 7.93. The third-order valence-electron chi connectivity index (χ3n) is 3.87. The predicted octanol–water partition coefficient (Wildman–Crippen LogP) is 2.58. The molecule has 0 aliphatic carbocycles. The van der Waals surface area contributed by atoms with Crippen LogP contribution in [0.3, 0.4) is 0 Å². The highest BCUT2D eigenvalue weighted by atomic mass is 19.4. The van der Waals surface area contributed by atoms with Crippen molar-refractivity contribution in [3.05, 3.63) is 52.5 Å². The standard InChI is InChI=1S/C17H13F4N5O3/c1-25(2)16(28)29-10-5-3-4-9(18)13(10)26-11(17(19,20)21)6-8-12(15(26)27)23-7-24-14(8)22/h3-7H,1-2H3,(H2,22,23,24). The number of anilines is 1. The van der Waals surface area contributed by atoms with Crippen LogP contribution in [-0.4, -0.2) is 39.6 Å². The van der Waals surface area contributed by atoms with Crippen molar-refractivity contribution in [3.8, 4) is 11.4 Å². The molecule has 0 atom stereocenters. The van der Waals surface area contributed by atoms with Gasteiger partial charge in [0, 0.05) is 14.1 Å². The van der Waals surface area contributed by atoms with Gasteiger partial charge in [-0.25, -0.2) is 19.2 Å². The summed E-state index contributed by atoms with van der Waals surface area (Å²) in [5.41, 5.74) is 1.37. The van der Waals surface area contributed by atoms with Gasteiger partial charge in [0.25, 0.3) is 5.56 Å². The van der Waals surface area contributed by atoms with Gasteiger partial charge in [0.15, 0.2) is 11.6 Å². The van der Waals surface area contributed by atoms with Crippen LogP contribution in [0.25, 0.3) is 16.6 Å². The van der Waals surface area contributed by atoms with Gasteiger partial charge in [0.2, 0.25) is 0 Å². The van der Waals surface area contributed by atoms with E-state index in [0.29, 0.717) is 6.07 Å². The number of ether oxygens (including phenoxy) is 1.